The first-order chi connectivity index (χ1) is 11.7. The number of anilines is 2. The number of nitrogens with one attached hydrogen (secondary N) is 2. The van der Waals surface area contributed by atoms with E-state index in [1.54, 1.807) is 0 Å². The number of aromatic nitrogens is 4. The molecular weight excluding hydrogens is 308 g/mol. The maximum atomic E-state index is 5.53. The second kappa shape index (κ2) is 7.69. The van der Waals surface area contributed by atoms with Crippen LogP contribution >= 0.6 is 0 Å². The number of fused-ring (bicyclic) bond motifs is 1. The molecule has 2 N–H and O–H groups in total. The van der Waals surface area contributed by atoms with Gasteiger partial charge >= 0.3 is 0 Å². The molecule has 0 unspecified atom stereocenters. The molecule has 0 atom stereocenters. The van der Waals surface area contributed by atoms with Crippen LogP contribution in [-0.2, 0) is 11.3 Å². The van der Waals surface area contributed by atoms with Crippen LogP contribution in [0.1, 0.15) is 19.4 Å². The van der Waals surface area contributed by atoms with Crippen molar-refractivity contribution in [3.05, 3.63) is 35.9 Å². The fourth-order valence-corrected chi connectivity index (χ4v) is 2.13. The molecule has 0 radical (unpaired) electrons. The highest BCUT2D eigenvalue weighted by Crippen LogP contribution is 2.20. The molecule has 0 aliphatic carbocycles. The molecule has 0 fully saturated rings. The smallest absolute Gasteiger partial charge is 0.245 e. The van der Waals surface area contributed by atoms with E-state index in [9.17, 15) is 0 Å². The lowest BCUT2D eigenvalue weighted by Gasteiger charge is -2.12. The highest BCUT2D eigenvalue weighted by molar-refractivity contribution is 5.73. The van der Waals surface area contributed by atoms with Crippen LogP contribution in [0, 0.1) is 0 Å². The average Bonchev–Trinajstić information content (AvgIpc) is 3.04. The van der Waals surface area contributed by atoms with Gasteiger partial charge < -0.3 is 15.4 Å². The summed E-state index contributed by atoms with van der Waals surface area (Å²) in [7, 11) is 0. The van der Waals surface area contributed by atoms with Gasteiger partial charge in [0.05, 0.1) is 12.7 Å². The summed E-state index contributed by atoms with van der Waals surface area (Å²) in [6, 6.07) is 10.1. The maximum Gasteiger partial charge on any atom is 0.245 e. The Balaban J connectivity index is 1.72. The van der Waals surface area contributed by atoms with Crippen LogP contribution in [0.2, 0.25) is 0 Å². The normalized spacial score (nSPS) is 11.1. The standard InChI is InChI=1S/C16H20N6O2/c1-11(2)23-9-8-17-13-14(18-10-12-6-4-3-5-7-12)20-16-15(19-13)21-24-22-16/h3-7,11H,8-10H2,1-2H3,(H,17,19,21)(H,18,20,22). The Kier molecular flexibility index (Phi) is 5.17. The van der Waals surface area contributed by atoms with Gasteiger partial charge in [0.15, 0.2) is 11.6 Å². The minimum Gasteiger partial charge on any atom is -0.377 e. The summed E-state index contributed by atoms with van der Waals surface area (Å²) < 4.78 is 10.2. The molecule has 0 aliphatic rings. The Morgan fingerprint density at radius 3 is 2.33 bits per heavy atom. The lowest BCUT2D eigenvalue weighted by Crippen LogP contribution is -2.15. The Bertz CT molecular complexity index is 775. The zero-order valence-electron chi connectivity index (χ0n) is 13.7. The van der Waals surface area contributed by atoms with E-state index in [4.69, 9.17) is 4.74 Å². The lowest BCUT2D eigenvalue weighted by molar-refractivity contribution is 0.0870. The Morgan fingerprint density at radius 2 is 1.67 bits per heavy atom. The molecule has 0 saturated carbocycles. The van der Waals surface area contributed by atoms with Crippen molar-refractivity contribution >= 4 is 22.9 Å². The van der Waals surface area contributed by atoms with Crippen LogP contribution in [-0.4, -0.2) is 39.5 Å². The van der Waals surface area contributed by atoms with Gasteiger partial charge in [-0.1, -0.05) is 30.3 Å². The molecule has 126 valence electrons. The van der Waals surface area contributed by atoms with Gasteiger partial charge in [-0.15, -0.1) is 0 Å². The summed E-state index contributed by atoms with van der Waals surface area (Å²) in [6.45, 7) is 5.82. The first-order valence-electron chi connectivity index (χ1n) is 7.86. The van der Waals surface area contributed by atoms with Gasteiger partial charge in [0.1, 0.15) is 0 Å². The van der Waals surface area contributed by atoms with Crippen LogP contribution < -0.4 is 10.6 Å². The van der Waals surface area contributed by atoms with E-state index < -0.39 is 0 Å². The molecule has 1 aromatic carbocycles. The van der Waals surface area contributed by atoms with Gasteiger partial charge in [-0.2, -0.15) is 0 Å². The quantitative estimate of drug-likeness (QED) is 0.609. The predicted octanol–water partition coefficient (Wildman–Crippen LogP) is 2.46. The van der Waals surface area contributed by atoms with E-state index in [0.29, 0.717) is 42.6 Å². The van der Waals surface area contributed by atoms with E-state index in [1.165, 1.54) is 0 Å². The highest BCUT2D eigenvalue weighted by atomic mass is 16.6. The summed E-state index contributed by atoms with van der Waals surface area (Å²) >= 11 is 0. The number of hydrogen-bond acceptors (Lipinski definition) is 8. The molecule has 3 rings (SSSR count). The van der Waals surface area contributed by atoms with Crippen molar-refractivity contribution in [2.45, 2.75) is 26.5 Å². The summed E-state index contributed by atoms with van der Waals surface area (Å²) in [4.78, 5) is 8.82. The Hall–Kier alpha value is -2.74. The van der Waals surface area contributed by atoms with Crippen molar-refractivity contribution in [3.8, 4) is 0 Å². The first kappa shape index (κ1) is 16.1. The van der Waals surface area contributed by atoms with Gasteiger partial charge in [-0.3, -0.25) is 0 Å². The topological polar surface area (TPSA) is 98.0 Å². The van der Waals surface area contributed by atoms with Gasteiger partial charge in [-0.25, -0.2) is 14.6 Å². The van der Waals surface area contributed by atoms with E-state index in [2.05, 4.69) is 35.5 Å². The zero-order chi connectivity index (χ0) is 16.8. The SMILES string of the molecule is CC(C)OCCNc1nc2nonc2nc1NCc1ccccc1. The molecule has 0 saturated heterocycles. The Morgan fingerprint density at radius 1 is 1.00 bits per heavy atom. The van der Waals surface area contributed by atoms with E-state index in [-0.39, 0.29) is 6.10 Å². The van der Waals surface area contributed by atoms with Crippen LogP contribution in [0.3, 0.4) is 0 Å². The van der Waals surface area contributed by atoms with E-state index in [0.717, 1.165) is 5.56 Å². The van der Waals surface area contributed by atoms with E-state index in [1.807, 2.05) is 44.2 Å². The van der Waals surface area contributed by atoms with Crippen molar-refractivity contribution in [2.75, 3.05) is 23.8 Å². The highest BCUT2D eigenvalue weighted by Gasteiger charge is 2.12. The number of hydrogen-bond donors (Lipinski definition) is 2. The van der Waals surface area contributed by atoms with Gasteiger partial charge in [0, 0.05) is 13.1 Å². The fourth-order valence-electron chi connectivity index (χ4n) is 2.13. The van der Waals surface area contributed by atoms with Crippen LogP contribution in [0.5, 0.6) is 0 Å². The van der Waals surface area contributed by atoms with Crippen LogP contribution in [0.25, 0.3) is 11.3 Å². The minimum atomic E-state index is 0.191. The number of benzene rings is 1. The average molecular weight is 328 g/mol. The third-order valence-corrected chi connectivity index (χ3v) is 3.26. The number of nitrogens with zero attached hydrogens (tertiary/aromatic N) is 4. The number of rotatable bonds is 8. The first-order valence-corrected chi connectivity index (χ1v) is 7.86. The molecule has 0 amide bonds. The van der Waals surface area contributed by atoms with Gasteiger partial charge in [-0.05, 0) is 29.7 Å². The summed E-state index contributed by atoms with van der Waals surface area (Å²) in [5.74, 6) is 1.20. The second-order valence-corrected chi connectivity index (χ2v) is 5.52. The molecule has 8 heteroatoms. The lowest BCUT2D eigenvalue weighted by atomic mass is 10.2. The molecule has 0 aliphatic heterocycles. The third-order valence-electron chi connectivity index (χ3n) is 3.26. The second-order valence-electron chi connectivity index (χ2n) is 5.52. The Labute approximate surface area is 139 Å². The summed E-state index contributed by atoms with van der Waals surface area (Å²) in [5.41, 5.74) is 1.88. The van der Waals surface area contributed by atoms with Crippen LogP contribution in [0.15, 0.2) is 35.0 Å². The molecular formula is C16H20N6O2. The predicted molar refractivity (Wildman–Crippen MR) is 90.7 cm³/mol. The van der Waals surface area contributed by atoms with E-state index >= 15 is 0 Å². The molecule has 0 spiro atoms. The van der Waals surface area contributed by atoms with Crippen LogP contribution in [0.4, 0.5) is 11.6 Å². The third kappa shape index (κ3) is 4.17. The summed E-state index contributed by atoms with van der Waals surface area (Å²) in [6.07, 6.45) is 0.191. The molecule has 2 aromatic heterocycles. The summed E-state index contributed by atoms with van der Waals surface area (Å²) in [5, 5.41) is 14.0. The van der Waals surface area contributed by atoms with Crippen molar-refractivity contribution < 1.29 is 9.37 Å². The maximum absolute atomic E-state index is 5.53. The van der Waals surface area contributed by atoms with Crippen molar-refractivity contribution in [1.82, 2.24) is 20.3 Å². The van der Waals surface area contributed by atoms with Crippen molar-refractivity contribution in [3.63, 3.8) is 0 Å². The molecule has 0 bridgehead atoms. The molecule has 24 heavy (non-hydrogen) atoms. The van der Waals surface area contributed by atoms with Gasteiger partial charge in [0.25, 0.3) is 0 Å². The molecule has 2 heterocycles. The largest absolute Gasteiger partial charge is 0.377 e. The molecule has 3 aromatic rings. The van der Waals surface area contributed by atoms with Crippen molar-refractivity contribution in [2.24, 2.45) is 0 Å². The minimum absolute atomic E-state index is 0.191. The van der Waals surface area contributed by atoms with Gasteiger partial charge in [0.2, 0.25) is 11.3 Å². The number of ether oxygens (including phenoxy) is 1. The molecule has 8 nitrogen and oxygen atoms in total. The fraction of sp³-hybridized carbons (Fsp3) is 0.375. The zero-order valence-corrected chi connectivity index (χ0v) is 13.7. The monoisotopic (exact) mass is 328 g/mol. The van der Waals surface area contributed by atoms with Crippen molar-refractivity contribution in [1.29, 1.82) is 0 Å².